The molecule has 1 aromatic rings. The van der Waals surface area contributed by atoms with Crippen molar-refractivity contribution >= 4 is 21.8 Å². The minimum absolute atomic E-state index is 0.0395. The van der Waals surface area contributed by atoms with Gasteiger partial charge in [-0.2, -0.15) is 0 Å². The third-order valence-electron chi connectivity index (χ3n) is 2.64. The lowest BCUT2D eigenvalue weighted by molar-refractivity contribution is -0.122. The Labute approximate surface area is 134 Å². The molecule has 0 bridgehead atoms. The first-order chi connectivity index (χ1) is 10.0. The number of nitrogens with one attached hydrogen (secondary N) is 2. The molecule has 0 aliphatic carbocycles. The molecule has 0 aromatic heterocycles. The second kappa shape index (κ2) is 9.43. The van der Waals surface area contributed by atoms with Crippen molar-refractivity contribution in [3.05, 3.63) is 28.2 Å². The topological polar surface area (TPSA) is 50.4 Å². The van der Waals surface area contributed by atoms with E-state index < -0.39 is 0 Å². The van der Waals surface area contributed by atoms with Crippen LogP contribution in [0.15, 0.2) is 22.7 Å². The molecule has 0 atom stereocenters. The highest BCUT2D eigenvalue weighted by Gasteiger charge is 2.05. The van der Waals surface area contributed by atoms with Crippen LogP contribution in [0.3, 0.4) is 0 Å². The third kappa shape index (κ3) is 7.16. The SMILES string of the molecule is C#CCNC(=O)COc1ccc(Br)c(CNCC(C)C)c1. The lowest BCUT2D eigenvalue weighted by Crippen LogP contribution is -2.29. The second-order valence-corrected chi connectivity index (χ2v) is 5.90. The molecular formula is C16H21BrN2O2. The molecule has 114 valence electrons. The van der Waals surface area contributed by atoms with Gasteiger partial charge in [-0.25, -0.2) is 0 Å². The van der Waals surface area contributed by atoms with E-state index in [9.17, 15) is 4.79 Å². The number of amides is 1. The first-order valence-corrected chi connectivity index (χ1v) is 7.64. The lowest BCUT2D eigenvalue weighted by atomic mass is 10.2. The zero-order chi connectivity index (χ0) is 15.7. The maximum absolute atomic E-state index is 11.4. The molecule has 0 radical (unpaired) electrons. The van der Waals surface area contributed by atoms with Crippen LogP contribution in [0.4, 0.5) is 0 Å². The van der Waals surface area contributed by atoms with Gasteiger partial charge in [0.15, 0.2) is 6.61 Å². The minimum atomic E-state index is -0.227. The Balaban J connectivity index is 2.52. The van der Waals surface area contributed by atoms with E-state index in [0.29, 0.717) is 11.7 Å². The van der Waals surface area contributed by atoms with Crippen LogP contribution in [0.1, 0.15) is 19.4 Å². The van der Waals surface area contributed by atoms with Gasteiger partial charge in [0, 0.05) is 11.0 Å². The van der Waals surface area contributed by atoms with Gasteiger partial charge >= 0.3 is 0 Å². The number of terminal acetylenes is 1. The largest absolute Gasteiger partial charge is 0.484 e. The molecule has 1 aromatic carbocycles. The Hall–Kier alpha value is -1.51. The van der Waals surface area contributed by atoms with Crippen molar-refractivity contribution in [1.82, 2.24) is 10.6 Å². The molecule has 0 unspecified atom stereocenters. The summed E-state index contributed by atoms with van der Waals surface area (Å²) in [7, 11) is 0. The van der Waals surface area contributed by atoms with Gasteiger partial charge < -0.3 is 15.4 Å². The minimum Gasteiger partial charge on any atom is -0.484 e. The van der Waals surface area contributed by atoms with Crippen molar-refractivity contribution in [2.75, 3.05) is 19.7 Å². The van der Waals surface area contributed by atoms with Crippen LogP contribution >= 0.6 is 15.9 Å². The van der Waals surface area contributed by atoms with Gasteiger partial charge in [-0.15, -0.1) is 6.42 Å². The summed E-state index contributed by atoms with van der Waals surface area (Å²) in [6.45, 7) is 6.20. The number of carbonyl (C=O) groups is 1. The smallest absolute Gasteiger partial charge is 0.258 e. The van der Waals surface area contributed by atoms with Gasteiger partial charge in [0.05, 0.1) is 6.54 Å². The fraction of sp³-hybridized carbons (Fsp3) is 0.438. The maximum atomic E-state index is 11.4. The van der Waals surface area contributed by atoms with E-state index in [1.54, 1.807) is 0 Å². The molecule has 0 fully saturated rings. The Kier molecular flexibility index (Phi) is 7.88. The van der Waals surface area contributed by atoms with Crippen molar-refractivity contribution in [2.24, 2.45) is 5.92 Å². The highest BCUT2D eigenvalue weighted by molar-refractivity contribution is 9.10. The molecule has 0 aliphatic heterocycles. The summed E-state index contributed by atoms with van der Waals surface area (Å²) in [4.78, 5) is 11.4. The number of ether oxygens (including phenoxy) is 1. The molecule has 0 aliphatic rings. The summed E-state index contributed by atoms with van der Waals surface area (Å²) >= 11 is 3.51. The first-order valence-electron chi connectivity index (χ1n) is 6.85. The Bertz CT molecular complexity index is 509. The van der Waals surface area contributed by atoms with Crippen molar-refractivity contribution < 1.29 is 9.53 Å². The number of hydrogen-bond donors (Lipinski definition) is 2. The van der Waals surface area contributed by atoms with Gasteiger partial charge in [0.25, 0.3) is 5.91 Å². The van der Waals surface area contributed by atoms with Gasteiger partial charge in [-0.05, 0) is 36.2 Å². The molecule has 1 amide bonds. The second-order valence-electron chi connectivity index (χ2n) is 5.05. The zero-order valence-electron chi connectivity index (χ0n) is 12.4. The standard InChI is InChI=1S/C16H21BrN2O2/c1-4-7-19-16(20)11-21-14-5-6-15(17)13(8-14)10-18-9-12(2)3/h1,5-6,8,12,18H,7,9-11H2,2-3H3,(H,19,20). The highest BCUT2D eigenvalue weighted by Crippen LogP contribution is 2.22. The number of hydrogen-bond acceptors (Lipinski definition) is 3. The van der Waals surface area contributed by atoms with Gasteiger partial charge in [-0.1, -0.05) is 35.7 Å². The summed E-state index contributed by atoms with van der Waals surface area (Å²) in [5.74, 6) is 3.38. The molecule has 0 saturated carbocycles. The third-order valence-corrected chi connectivity index (χ3v) is 3.42. The van der Waals surface area contributed by atoms with Crippen LogP contribution in [0.25, 0.3) is 0 Å². The molecule has 0 heterocycles. The molecule has 2 N–H and O–H groups in total. The molecule has 4 nitrogen and oxygen atoms in total. The zero-order valence-corrected chi connectivity index (χ0v) is 14.0. The number of rotatable bonds is 8. The van der Waals surface area contributed by atoms with Crippen molar-refractivity contribution in [2.45, 2.75) is 20.4 Å². The summed E-state index contributed by atoms with van der Waals surface area (Å²) in [6, 6.07) is 5.66. The van der Waals surface area contributed by atoms with E-state index in [-0.39, 0.29) is 19.1 Å². The Morgan fingerprint density at radius 3 is 2.90 bits per heavy atom. The fourth-order valence-electron chi connectivity index (χ4n) is 1.62. The highest BCUT2D eigenvalue weighted by atomic mass is 79.9. The van der Waals surface area contributed by atoms with Crippen molar-refractivity contribution in [3.8, 4) is 18.1 Å². The van der Waals surface area contributed by atoms with Crippen molar-refractivity contribution in [3.63, 3.8) is 0 Å². The normalized spacial score (nSPS) is 10.2. The molecule has 5 heteroatoms. The molecule has 1 rings (SSSR count). The maximum Gasteiger partial charge on any atom is 0.258 e. The van der Waals surface area contributed by atoms with Crippen LogP contribution < -0.4 is 15.4 Å². The summed E-state index contributed by atoms with van der Waals surface area (Å²) in [6.07, 6.45) is 5.07. The number of benzene rings is 1. The molecular weight excluding hydrogens is 332 g/mol. The molecule has 0 saturated heterocycles. The average molecular weight is 353 g/mol. The number of halogens is 1. The van der Waals surface area contributed by atoms with Crippen LogP contribution in [0, 0.1) is 18.3 Å². The van der Waals surface area contributed by atoms with Crippen LogP contribution in [0.2, 0.25) is 0 Å². The quantitative estimate of drug-likeness (QED) is 0.706. The van der Waals surface area contributed by atoms with E-state index in [4.69, 9.17) is 11.2 Å². The van der Waals surface area contributed by atoms with E-state index >= 15 is 0 Å². The van der Waals surface area contributed by atoms with Crippen LogP contribution in [0.5, 0.6) is 5.75 Å². The Morgan fingerprint density at radius 2 is 2.24 bits per heavy atom. The predicted octanol–water partition coefficient (Wildman–Crippen LogP) is 2.32. The summed E-state index contributed by atoms with van der Waals surface area (Å²) < 4.78 is 6.48. The lowest BCUT2D eigenvalue weighted by Gasteiger charge is -2.11. The van der Waals surface area contributed by atoms with Crippen molar-refractivity contribution in [1.29, 1.82) is 0 Å². The van der Waals surface area contributed by atoms with E-state index in [0.717, 1.165) is 23.1 Å². The van der Waals surface area contributed by atoms with Gasteiger partial charge in [-0.3, -0.25) is 4.79 Å². The van der Waals surface area contributed by atoms with E-state index in [1.807, 2.05) is 18.2 Å². The van der Waals surface area contributed by atoms with E-state index in [1.165, 1.54) is 0 Å². The van der Waals surface area contributed by atoms with Gasteiger partial charge in [0.1, 0.15) is 5.75 Å². The Morgan fingerprint density at radius 1 is 1.48 bits per heavy atom. The fourth-order valence-corrected chi connectivity index (χ4v) is 2.01. The monoisotopic (exact) mass is 352 g/mol. The van der Waals surface area contributed by atoms with Crippen LogP contribution in [-0.2, 0) is 11.3 Å². The van der Waals surface area contributed by atoms with E-state index in [2.05, 4.69) is 46.3 Å². The first kappa shape index (κ1) is 17.5. The van der Waals surface area contributed by atoms with Crippen LogP contribution in [-0.4, -0.2) is 25.6 Å². The van der Waals surface area contributed by atoms with Gasteiger partial charge in [0.2, 0.25) is 0 Å². The number of carbonyl (C=O) groups excluding carboxylic acids is 1. The summed E-state index contributed by atoms with van der Waals surface area (Å²) in [5, 5.41) is 5.93. The summed E-state index contributed by atoms with van der Waals surface area (Å²) in [5.41, 5.74) is 1.09. The average Bonchev–Trinajstić information content (AvgIpc) is 2.45. The molecule has 0 spiro atoms. The predicted molar refractivity (Wildman–Crippen MR) is 88.0 cm³/mol. The molecule has 21 heavy (non-hydrogen) atoms.